The van der Waals surface area contributed by atoms with Crippen LogP contribution in [0.4, 0.5) is 0 Å². The van der Waals surface area contributed by atoms with Crippen molar-refractivity contribution >= 4 is 0 Å². The number of hydrogen-bond acceptors (Lipinski definition) is 4. The van der Waals surface area contributed by atoms with Crippen molar-refractivity contribution in [3.8, 4) is 5.75 Å². The summed E-state index contributed by atoms with van der Waals surface area (Å²) in [5.41, 5.74) is 7.70. The fourth-order valence-electron chi connectivity index (χ4n) is 3.48. The maximum atomic E-state index is 6.20. The molecule has 1 aromatic heterocycles. The summed E-state index contributed by atoms with van der Waals surface area (Å²) in [4.78, 5) is 4.46. The summed E-state index contributed by atoms with van der Waals surface area (Å²) in [6, 6.07) is 3.99. The molecule has 4 heteroatoms. The molecule has 1 aliphatic heterocycles. The van der Waals surface area contributed by atoms with Crippen LogP contribution in [0.2, 0.25) is 0 Å². The Morgan fingerprint density at radius 3 is 2.95 bits per heavy atom. The van der Waals surface area contributed by atoms with Gasteiger partial charge in [0.05, 0.1) is 17.9 Å². The van der Waals surface area contributed by atoms with E-state index in [4.69, 9.17) is 15.2 Å². The number of aryl methyl sites for hydroxylation is 1. The van der Waals surface area contributed by atoms with Crippen LogP contribution >= 0.6 is 0 Å². The number of aromatic nitrogens is 1. The van der Waals surface area contributed by atoms with E-state index in [-0.39, 0.29) is 11.7 Å². The molecule has 1 saturated carbocycles. The minimum atomic E-state index is 0.0872. The molecular formula is C16H24N2O2. The van der Waals surface area contributed by atoms with Crippen molar-refractivity contribution in [2.75, 3.05) is 6.61 Å². The SMILES string of the molecule is Cc1ccc(OC2CCOC3(CCCC3)C2)c(CN)n1. The third-order valence-corrected chi connectivity index (χ3v) is 4.52. The smallest absolute Gasteiger partial charge is 0.142 e. The van der Waals surface area contributed by atoms with E-state index in [0.29, 0.717) is 6.54 Å². The average Bonchev–Trinajstić information content (AvgIpc) is 2.89. The minimum Gasteiger partial charge on any atom is -0.488 e. The summed E-state index contributed by atoms with van der Waals surface area (Å²) >= 11 is 0. The first-order chi connectivity index (χ1) is 9.71. The molecular weight excluding hydrogens is 252 g/mol. The normalized spacial score (nSPS) is 25.0. The zero-order chi connectivity index (χ0) is 14.0. The molecule has 0 bridgehead atoms. The quantitative estimate of drug-likeness (QED) is 0.922. The molecule has 4 nitrogen and oxygen atoms in total. The molecule has 0 aromatic carbocycles. The Balaban J connectivity index is 1.71. The summed E-state index contributed by atoms with van der Waals surface area (Å²) in [6.07, 6.45) is 7.13. The van der Waals surface area contributed by atoms with Gasteiger partial charge in [-0.25, -0.2) is 0 Å². The van der Waals surface area contributed by atoms with Crippen molar-refractivity contribution in [3.63, 3.8) is 0 Å². The molecule has 2 aliphatic rings. The highest BCUT2D eigenvalue weighted by Gasteiger charge is 2.40. The molecule has 110 valence electrons. The predicted octanol–water partition coefficient (Wildman–Crippen LogP) is 2.72. The van der Waals surface area contributed by atoms with Gasteiger partial charge >= 0.3 is 0 Å². The highest BCUT2D eigenvalue weighted by atomic mass is 16.5. The van der Waals surface area contributed by atoms with Crippen molar-refractivity contribution in [1.82, 2.24) is 4.98 Å². The number of nitrogens with two attached hydrogens (primary N) is 1. The van der Waals surface area contributed by atoms with Crippen LogP contribution in [0.5, 0.6) is 5.75 Å². The van der Waals surface area contributed by atoms with Crippen molar-refractivity contribution in [3.05, 3.63) is 23.5 Å². The first-order valence-corrected chi connectivity index (χ1v) is 7.68. The van der Waals surface area contributed by atoms with Crippen LogP contribution in [0.3, 0.4) is 0 Å². The Hall–Kier alpha value is -1.13. The molecule has 1 atom stereocenters. The summed E-state index contributed by atoms with van der Waals surface area (Å²) in [5, 5.41) is 0. The number of hydrogen-bond donors (Lipinski definition) is 1. The molecule has 20 heavy (non-hydrogen) atoms. The lowest BCUT2D eigenvalue weighted by molar-refractivity contribution is -0.108. The summed E-state index contributed by atoms with van der Waals surface area (Å²) < 4.78 is 12.2. The minimum absolute atomic E-state index is 0.0872. The molecule has 1 spiro atoms. The fraction of sp³-hybridized carbons (Fsp3) is 0.688. The molecule has 1 unspecified atom stereocenters. The molecule has 2 heterocycles. The van der Waals surface area contributed by atoms with Gasteiger partial charge in [0.25, 0.3) is 0 Å². The van der Waals surface area contributed by atoms with E-state index in [1.165, 1.54) is 25.7 Å². The van der Waals surface area contributed by atoms with Crippen LogP contribution in [0.25, 0.3) is 0 Å². The Bertz CT molecular complexity index is 470. The fourth-order valence-corrected chi connectivity index (χ4v) is 3.48. The second kappa shape index (κ2) is 5.70. The van der Waals surface area contributed by atoms with Gasteiger partial charge in [0, 0.05) is 25.1 Å². The van der Waals surface area contributed by atoms with Crippen molar-refractivity contribution in [2.24, 2.45) is 5.73 Å². The van der Waals surface area contributed by atoms with Gasteiger partial charge in [0.1, 0.15) is 11.9 Å². The standard InChI is InChI=1S/C16H24N2O2/c1-12-4-5-15(14(11-17)18-12)20-13-6-9-19-16(10-13)7-2-3-8-16/h4-5,13H,2-3,6-11,17H2,1H3. The number of nitrogens with zero attached hydrogens (tertiary/aromatic N) is 1. The van der Waals surface area contributed by atoms with E-state index in [1.807, 2.05) is 19.1 Å². The monoisotopic (exact) mass is 276 g/mol. The van der Waals surface area contributed by atoms with Gasteiger partial charge in [-0.1, -0.05) is 12.8 Å². The van der Waals surface area contributed by atoms with E-state index in [1.54, 1.807) is 0 Å². The lowest BCUT2D eigenvalue weighted by Crippen LogP contribution is -2.41. The van der Waals surface area contributed by atoms with E-state index in [9.17, 15) is 0 Å². The lowest BCUT2D eigenvalue weighted by atomic mass is 9.90. The lowest BCUT2D eigenvalue weighted by Gasteiger charge is -2.38. The van der Waals surface area contributed by atoms with Crippen molar-refractivity contribution in [2.45, 2.75) is 63.7 Å². The van der Waals surface area contributed by atoms with E-state index < -0.39 is 0 Å². The van der Waals surface area contributed by atoms with Gasteiger partial charge in [-0.05, 0) is 31.9 Å². The van der Waals surface area contributed by atoms with Gasteiger partial charge in [-0.3, -0.25) is 4.98 Å². The molecule has 0 radical (unpaired) electrons. The zero-order valence-electron chi connectivity index (χ0n) is 12.2. The topological polar surface area (TPSA) is 57.4 Å². The second-order valence-electron chi connectivity index (χ2n) is 6.07. The number of pyridine rings is 1. The van der Waals surface area contributed by atoms with Crippen LogP contribution in [0.1, 0.15) is 49.9 Å². The molecule has 2 fully saturated rings. The average molecular weight is 276 g/mol. The molecule has 2 N–H and O–H groups in total. The molecule has 0 amide bonds. The Morgan fingerprint density at radius 1 is 1.40 bits per heavy atom. The number of rotatable bonds is 3. The Kier molecular flexibility index (Phi) is 3.94. The van der Waals surface area contributed by atoms with Crippen LogP contribution in [0.15, 0.2) is 12.1 Å². The zero-order valence-corrected chi connectivity index (χ0v) is 12.2. The second-order valence-corrected chi connectivity index (χ2v) is 6.07. The maximum absolute atomic E-state index is 6.20. The van der Waals surface area contributed by atoms with Crippen LogP contribution in [-0.2, 0) is 11.3 Å². The highest BCUT2D eigenvalue weighted by molar-refractivity contribution is 5.29. The summed E-state index contributed by atoms with van der Waals surface area (Å²) in [5.74, 6) is 0.846. The van der Waals surface area contributed by atoms with E-state index >= 15 is 0 Å². The summed E-state index contributed by atoms with van der Waals surface area (Å²) in [7, 11) is 0. The third-order valence-electron chi connectivity index (χ3n) is 4.52. The van der Waals surface area contributed by atoms with E-state index in [2.05, 4.69) is 4.98 Å². The van der Waals surface area contributed by atoms with Gasteiger partial charge in [0.2, 0.25) is 0 Å². The third kappa shape index (κ3) is 2.81. The van der Waals surface area contributed by atoms with E-state index in [0.717, 1.165) is 36.6 Å². The van der Waals surface area contributed by atoms with Gasteiger partial charge in [-0.15, -0.1) is 0 Å². The highest BCUT2D eigenvalue weighted by Crippen LogP contribution is 2.41. The first kappa shape index (κ1) is 13.8. The van der Waals surface area contributed by atoms with Crippen LogP contribution < -0.4 is 10.5 Å². The molecule has 1 aromatic rings. The first-order valence-electron chi connectivity index (χ1n) is 7.68. The molecule has 3 rings (SSSR count). The van der Waals surface area contributed by atoms with Crippen LogP contribution in [0, 0.1) is 6.92 Å². The van der Waals surface area contributed by atoms with Crippen LogP contribution in [-0.4, -0.2) is 23.3 Å². The summed E-state index contributed by atoms with van der Waals surface area (Å²) in [6.45, 7) is 3.21. The Labute approximate surface area is 120 Å². The van der Waals surface area contributed by atoms with Gasteiger partial charge < -0.3 is 15.2 Å². The van der Waals surface area contributed by atoms with Crippen molar-refractivity contribution in [1.29, 1.82) is 0 Å². The van der Waals surface area contributed by atoms with Crippen molar-refractivity contribution < 1.29 is 9.47 Å². The predicted molar refractivity (Wildman–Crippen MR) is 77.7 cm³/mol. The van der Waals surface area contributed by atoms with Gasteiger partial charge in [0.15, 0.2) is 0 Å². The Morgan fingerprint density at radius 2 is 2.20 bits per heavy atom. The van der Waals surface area contributed by atoms with Gasteiger partial charge in [-0.2, -0.15) is 0 Å². The number of ether oxygens (including phenoxy) is 2. The largest absolute Gasteiger partial charge is 0.488 e. The molecule has 1 saturated heterocycles. The molecule has 1 aliphatic carbocycles. The maximum Gasteiger partial charge on any atom is 0.142 e.